The molecule has 0 aromatic heterocycles. The molecule has 13 heavy (non-hydrogen) atoms. The van der Waals surface area contributed by atoms with E-state index in [0.717, 1.165) is 5.56 Å². The van der Waals surface area contributed by atoms with Crippen LogP contribution in [0.25, 0.3) is 0 Å². The van der Waals surface area contributed by atoms with Gasteiger partial charge in [0.2, 0.25) is 0 Å². The molecule has 0 saturated heterocycles. The standard InChI is InChI=1S/C12H16O/c1-9(2)12(13)10(3)11-7-5-4-6-8-11/h4-10H,1-3H3/t10-/m1/s1. The van der Waals surface area contributed by atoms with Gasteiger partial charge in [-0.3, -0.25) is 4.79 Å². The smallest absolute Gasteiger partial charge is 0.142 e. The van der Waals surface area contributed by atoms with E-state index in [-0.39, 0.29) is 11.8 Å². The van der Waals surface area contributed by atoms with Gasteiger partial charge in [-0.05, 0) is 5.56 Å². The second-order valence-electron chi connectivity index (χ2n) is 3.69. The van der Waals surface area contributed by atoms with Crippen molar-refractivity contribution in [2.24, 2.45) is 5.92 Å². The lowest BCUT2D eigenvalue weighted by molar-refractivity contribution is -0.123. The molecule has 1 heteroatoms. The summed E-state index contributed by atoms with van der Waals surface area (Å²) in [4.78, 5) is 11.6. The van der Waals surface area contributed by atoms with E-state index in [0.29, 0.717) is 5.78 Å². The van der Waals surface area contributed by atoms with Crippen LogP contribution >= 0.6 is 0 Å². The van der Waals surface area contributed by atoms with E-state index in [1.807, 2.05) is 51.1 Å². The van der Waals surface area contributed by atoms with Gasteiger partial charge in [-0.2, -0.15) is 0 Å². The molecule has 0 heterocycles. The lowest BCUT2D eigenvalue weighted by Gasteiger charge is -2.12. The van der Waals surface area contributed by atoms with Gasteiger partial charge in [0.05, 0.1) is 0 Å². The summed E-state index contributed by atoms with van der Waals surface area (Å²) in [5.41, 5.74) is 1.11. The molecule has 0 bridgehead atoms. The van der Waals surface area contributed by atoms with Crippen LogP contribution in [0.4, 0.5) is 0 Å². The number of carbonyl (C=O) groups excluding carboxylic acids is 1. The number of ketones is 1. The third-order valence-corrected chi connectivity index (χ3v) is 2.30. The Bertz CT molecular complexity index is 274. The minimum absolute atomic E-state index is 0.0289. The molecule has 1 nitrogen and oxygen atoms in total. The van der Waals surface area contributed by atoms with Crippen molar-refractivity contribution in [3.05, 3.63) is 35.9 Å². The monoisotopic (exact) mass is 176 g/mol. The first kappa shape index (κ1) is 9.97. The maximum Gasteiger partial charge on any atom is 0.142 e. The van der Waals surface area contributed by atoms with Gasteiger partial charge in [0.25, 0.3) is 0 Å². The average Bonchev–Trinajstić information content (AvgIpc) is 2.17. The van der Waals surface area contributed by atoms with Crippen LogP contribution < -0.4 is 0 Å². The first-order valence-corrected chi connectivity index (χ1v) is 4.71. The number of benzene rings is 1. The summed E-state index contributed by atoms with van der Waals surface area (Å²) in [6.07, 6.45) is 0. The number of hydrogen-bond acceptors (Lipinski definition) is 1. The van der Waals surface area contributed by atoms with Gasteiger partial charge < -0.3 is 0 Å². The molecule has 0 fully saturated rings. The molecule has 0 unspecified atom stereocenters. The topological polar surface area (TPSA) is 17.1 Å². The molecule has 1 aromatic carbocycles. The van der Waals surface area contributed by atoms with E-state index >= 15 is 0 Å². The van der Waals surface area contributed by atoms with Gasteiger partial charge in [-0.15, -0.1) is 0 Å². The van der Waals surface area contributed by atoms with Crippen molar-refractivity contribution in [3.8, 4) is 0 Å². The predicted octanol–water partition coefficient (Wildman–Crippen LogP) is 3.02. The Morgan fingerprint density at radius 1 is 1.08 bits per heavy atom. The van der Waals surface area contributed by atoms with Crippen LogP contribution in [0.5, 0.6) is 0 Å². The lowest BCUT2D eigenvalue weighted by Crippen LogP contribution is -2.15. The third kappa shape index (κ3) is 2.41. The number of Topliss-reactive ketones (excluding diaryl/α,β-unsaturated/α-hetero) is 1. The quantitative estimate of drug-likeness (QED) is 0.692. The van der Waals surface area contributed by atoms with Crippen LogP contribution in [-0.2, 0) is 4.79 Å². The summed E-state index contributed by atoms with van der Waals surface area (Å²) >= 11 is 0. The third-order valence-electron chi connectivity index (χ3n) is 2.30. The number of rotatable bonds is 3. The Hall–Kier alpha value is -1.11. The molecule has 0 aliphatic heterocycles. The van der Waals surface area contributed by atoms with Crippen molar-refractivity contribution in [2.45, 2.75) is 26.7 Å². The fraction of sp³-hybridized carbons (Fsp3) is 0.417. The molecule has 0 aliphatic rings. The van der Waals surface area contributed by atoms with Gasteiger partial charge in [-0.1, -0.05) is 51.1 Å². The minimum Gasteiger partial charge on any atom is -0.299 e. The van der Waals surface area contributed by atoms with Crippen molar-refractivity contribution in [1.82, 2.24) is 0 Å². The fourth-order valence-electron chi connectivity index (χ4n) is 1.41. The SMILES string of the molecule is CC(C)C(=O)[C@H](C)c1ccccc1. The fourth-order valence-corrected chi connectivity index (χ4v) is 1.41. The molecule has 0 amide bonds. The Kier molecular flexibility index (Phi) is 3.24. The van der Waals surface area contributed by atoms with Crippen LogP contribution in [0.1, 0.15) is 32.3 Å². The van der Waals surface area contributed by atoms with Gasteiger partial charge in [-0.25, -0.2) is 0 Å². The van der Waals surface area contributed by atoms with E-state index < -0.39 is 0 Å². The molecular weight excluding hydrogens is 160 g/mol. The van der Waals surface area contributed by atoms with Crippen molar-refractivity contribution >= 4 is 5.78 Å². The second-order valence-corrected chi connectivity index (χ2v) is 3.69. The van der Waals surface area contributed by atoms with Crippen molar-refractivity contribution in [2.75, 3.05) is 0 Å². The van der Waals surface area contributed by atoms with Gasteiger partial charge in [0, 0.05) is 11.8 Å². The zero-order valence-corrected chi connectivity index (χ0v) is 8.45. The zero-order valence-electron chi connectivity index (χ0n) is 8.45. The maximum atomic E-state index is 11.6. The van der Waals surface area contributed by atoms with Crippen molar-refractivity contribution in [1.29, 1.82) is 0 Å². The maximum absolute atomic E-state index is 11.6. The molecule has 1 rings (SSSR count). The highest BCUT2D eigenvalue weighted by Gasteiger charge is 2.17. The summed E-state index contributed by atoms with van der Waals surface area (Å²) < 4.78 is 0. The molecule has 0 N–H and O–H groups in total. The van der Waals surface area contributed by atoms with Gasteiger partial charge in [0.15, 0.2) is 0 Å². The van der Waals surface area contributed by atoms with Crippen LogP contribution in [0.2, 0.25) is 0 Å². The van der Waals surface area contributed by atoms with Gasteiger partial charge >= 0.3 is 0 Å². The van der Waals surface area contributed by atoms with E-state index in [1.54, 1.807) is 0 Å². The Morgan fingerprint density at radius 3 is 2.08 bits per heavy atom. The first-order chi connectivity index (χ1) is 6.13. The molecule has 70 valence electrons. The summed E-state index contributed by atoms with van der Waals surface area (Å²) in [5.74, 6) is 0.461. The summed E-state index contributed by atoms with van der Waals surface area (Å²) in [5, 5.41) is 0. The Morgan fingerprint density at radius 2 is 1.62 bits per heavy atom. The molecule has 1 atom stereocenters. The summed E-state index contributed by atoms with van der Waals surface area (Å²) in [6.45, 7) is 5.86. The lowest BCUT2D eigenvalue weighted by atomic mass is 9.91. The highest BCUT2D eigenvalue weighted by molar-refractivity contribution is 5.86. The molecule has 0 spiro atoms. The van der Waals surface area contributed by atoms with Crippen LogP contribution in [0.3, 0.4) is 0 Å². The first-order valence-electron chi connectivity index (χ1n) is 4.71. The predicted molar refractivity (Wildman–Crippen MR) is 54.7 cm³/mol. The van der Waals surface area contributed by atoms with E-state index in [1.165, 1.54) is 0 Å². The average molecular weight is 176 g/mol. The Balaban J connectivity index is 2.80. The molecule has 1 aromatic rings. The Labute approximate surface area is 79.8 Å². The molecule has 0 saturated carbocycles. The van der Waals surface area contributed by atoms with Crippen molar-refractivity contribution in [3.63, 3.8) is 0 Å². The van der Waals surface area contributed by atoms with Crippen LogP contribution in [0, 0.1) is 5.92 Å². The molecule has 0 aliphatic carbocycles. The minimum atomic E-state index is 0.0289. The van der Waals surface area contributed by atoms with Crippen LogP contribution in [0.15, 0.2) is 30.3 Å². The molecule has 0 radical (unpaired) electrons. The summed E-state index contributed by atoms with van der Waals surface area (Å²) in [6, 6.07) is 9.92. The van der Waals surface area contributed by atoms with E-state index in [2.05, 4.69) is 0 Å². The summed E-state index contributed by atoms with van der Waals surface area (Å²) in [7, 11) is 0. The zero-order chi connectivity index (χ0) is 9.84. The largest absolute Gasteiger partial charge is 0.299 e. The van der Waals surface area contributed by atoms with E-state index in [9.17, 15) is 4.79 Å². The highest BCUT2D eigenvalue weighted by Crippen LogP contribution is 2.18. The second kappa shape index (κ2) is 4.22. The highest BCUT2D eigenvalue weighted by atomic mass is 16.1. The van der Waals surface area contributed by atoms with Gasteiger partial charge in [0.1, 0.15) is 5.78 Å². The number of carbonyl (C=O) groups is 1. The number of hydrogen-bond donors (Lipinski definition) is 0. The van der Waals surface area contributed by atoms with Crippen molar-refractivity contribution < 1.29 is 4.79 Å². The van der Waals surface area contributed by atoms with E-state index in [4.69, 9.17) is 0 Å². The molecular formula is C12H16O. The van der Waals surface area contributed by atoms with Crippen LogP contribution in [-0.4, -0.2) is 5.78 Å². The normalized spacial score (nSPS) is 12.9.